The highest BCUT2D eigenvalue weighted by atomic mass is 32.1. The Morgan fingerprint density at radius 3 is 1.12 bits per heavy atom. The molecule has 0 unspecified atom stereocenters. The van der Waals surface area contributed by atoms with Gasteiger partial charge in [0.25, 0.3) is 0 Å². The van der Waals surface area contributed by atoms with Crippen LogP contribution in [0.15, 0.2) is 206 Å². The molecule has 0 radical (unpaired) electrons. The van der Waals surface area contributed by atoms with Gasteiger partial charge in [0.05, 0.1) is 0 Å². The Labute approximate surface area is 387 Å². The maximum Gasteiger partial charge on any atom is 0.329 e. The van der Waals surface area contributed by atoms with Gasteiger partial charge in [-0.1, -0.05) is 121 Å². The number of thiophene rings is 3. The van der Waals surface area contributed by atoms with Crippen molar-refractivity contribution in [2.45, 2.75) is 0 Å². The summed E-state index contributed by atoms with van der Waals surface area (Å²) in [5.74, 6) is 0. The summed E-state index contributed by atoms with van der Waals surface area (Å²) in [4.78, 5) is 2.63. The summed E-state index contributed by atoms with van der Waals surface area (Å²) in [7, 11) is 0. The van der Waals surface area contributed by atoms with Crippen molar-refractivity contribution in [2.75, 3.05) is 4.81 Å². The van der Waals surface area contributed by atoms with Gasteiger partial charge in [0.15, 0.2) is 0 Å². The van der Waals surface area contributed by atoms with Crippen molar-refractivity contribution in [3.63, 3.8) is 0 Å². The zero-order valence-electron chi connectivity index (χ0n) is 34.9. The van der Waals surface area contributed by atoms with Gasteiger partial charge >= 0.3 is 6.85 Å². The van der Waals surface area contributed by atoms with Crippen molar-refractivity contribution < 1.29 is 0 Å². The van der Waals surface area contributed by atoms with Crippen LogP contribution >= 0.6 is 34.0 Å². The number of rotatable bonds is 3. The molecular weight excluding hydrogens is 842 g/mol. The molecule has 0 saturated carbocycles. The lowest BCUT2D eigenvalue weighted by molar-refractivity contribution is 1.35. The first kappa shape index (κ1) is 36.1. The highest BCUT2D eigenvalue weighted by molar-refractivity contribution is 7.26. The molecule has 10 aromatic carbocycles. The maximum atomic E-state index is 2.63. The molecular formula is C60H34BNS3. The van der Waals surface area contributed by atoms with Gasteiger partial charge in [0, 0.05) is 83.0 Å². The van der Waals surface area contributed by atoms with Gasteiger partial charge in [-0.25, -0.2) is 0 Å². The van der Waals surface area contributed by atoms with E-state index in [1.54, 1.807) is 0 Å². The first-order valence-corrected chi connectivity index (χ1v) is 24.7. The smallest absolute Gasteiger partial charge is 0.329 e. The first-order chi connectivity index (χ1) is 32.2. The molecule has 65 heavy (non-hydrogen) atoms. The molecule has 0 fully saturated rings. The van der Waals surface area contributed by atoms with Crippen LogP contribution in [-0.2, 0) is 0 Å². The molecule has 0 spiro atoms. The summed E-state index contributed by atoms with van der Waals surface area (Å²) >= 11 is 5.63. The van der Waals surface area contributed by atoms with E-state index < -0.39 is 0 Å². The standard InChI is InChI=1S/C60H34BNS3/c1-5-13-53-41(9-1)45-29-35(38-20-26-58-48(32-38)42-10-2-6-14-55(42)63-58)17-23-51(45)61-52-24-18-36(39-21-27-59-49(33-39)43-11-3-7-15-56(43)64-59)30-46(52)47-31-37(19-25-54(47)62(53)61)40-22-28-60-50(34-40)44-12-4-8-16-57(44)65-60/h1-34H. The molecule has 13 aromatic rings. The van der Waals surface area contributed by atoms with E-state index in [1.807, 2.05) is 34.0 Å². The molecule has 3 aromatic heterocycles. The van der Waals surface area contributed by atoms with Gasteiger partial charge in [0.1, 0.15) is 0 Å². The molecule has 5 heteroatoms. The fourth-order valence-corrected chi connectivity index (χ4v) is 14.3. The topological polar surface area (TPSA) is 3.24 Å². The first-order valence-electron chi connectivity index (χ1n) is 22.2. The predicted molar refractivity (Wildman–Crippen MR) is 286 cm³/mol. The van der Waals surface area contributed by atoms with Gasteiger partial charge in [-0.3, -0.25) is 0 Å². The zero-order valence-corrected chi connectivity index (χ0v) is 37.3. The number of anilines is 2. The van der Waals surface area contributed by atoms with Crippen molar-refractivity contribution in [3.05, 3.63) is 206 Å². The predicted octanol–water partition coefficient (Wildman–Crippen LogP) is 16.7. The Bertz CT molecular complexity index is 4170. The van der Waals surface area contributed by atoms with Crippen molar-refractivity contribution in [2.24, 2.45) is 0 Å². The van der Waals surface area contributed by atoms with Gasteiger partial charge in [-0.05, 0) is 140 Å². The molecule has 0 amide bonds. The number of nitrogens with zero attached hydrogens (tertiary/aromatic N) is 1. The van der Waals surface area contributed by atoms with Crippen LogP contribution in [0.1, 0.15) is 0 Å². The normalized spacial score (nSPS) is 12.9. The second kappa shape index (κ2) is 13.6. The summed E-state index contributed by atoms with van der Waals surface area (Å²) < 4.78 is 7.99. The van der Waals surface area contributed by atoms with Crippen LogP contribution in [0.25, 0.3) is 116 Å². The van der Waals surface area contributed by atoms with Crippen LogP contribution in [0.5, 0.6) is 0 Å². The van der Waals surface area contributed by atoms with Crippen LogP contribution in [-0.4, -0.2) is 6.85 Å². The second-order valence-electron chi connectivity index (χ2n) is 17.6. The largest absolute Gasteiger partial charge is 0.376 e. The molecule has 0 saturated heterocycles. The third-order valence-electron chi connectivity index (χ3n) is 14.1. The van der Waals surface area contributed by atoms with Crippen molar-refractivity contribution in [1.82, 2.24) is 0 Å². The lowest BCUT2D eigenvalue weighted by Gasteiger charge is -2.43. The lowest BCUT2D eigenvalue weighted by Crippen LogP contribution is -2.59. The average molecular weight is 876 g/mol. The van der Waals surface area contributed by atoms with Crippen molar-refractivity contribution >= 4 is 124 Å². The third kappa shape index (κ3) is 5.32. The summed E-state index contributed by atoms with van der Waals surface area (Å²) in [6.45, 7) is -0.00327. The van der Waals surface area contributed by atoms with Crippen LogP contribution < -0.4 is 15.7 Å². The minimum absolute atomic E-state index is 0.00327. The van der Waals surface area contributed by atoms with Gasteiger partial charge < -0.3 is 4.81 Å². The van der Waals surface area contributed by atoms with E-state index in [4.69, 9.17) is 0 Å². The lowest BCUT2D eigenvalue weighted by atomic mass is 9.43. The number of hydrogen-bond donors (Lipinski definition) is 0. The number of para-hydroxylation sites is 1. The molecule has 1 nitrogen and oxygen atoms in total. The van der Waals surface area contributed by atoms with Crippen molar-refractivity contribution in [1.29, 1.82) is 0 Å². The summed E-state index contributed by atoms with van der Waals surface area (Å²) in [6.07, 6.45) is 0. The minimum atomic E-state index is -0.00327. The Morgan fingerprint density at radius 1 is 0.262 bits per heavy atom. The van der Waals surface area contributed by atoms with Gasteiger partial charge in [-0.2, -0.15) is 0 Å². The molecule has 5 heterocycles. The summed E-state index contributed by atoms with van der Waals surface area (Å²) in [5.41, 5.74) is 17.7. The summed E-state index contributed by atoms with van der Waals surface area (Å²) in [5, 5.41) is 7.96. The fraction of sp³-hybridized carbons (Fsp3) is 0. The highest BCUT2D eigenvalue weighted by Crippen LogP contribution is 2.49. The van der Waals surface area contributed by atoms with Crippen LogP contribution in [0.2, 0.25) is 0 Å². The SMILES string of the molecule is c1ccc2c(c1)-c1cc(-c3ccc4sc5ccccc5c4c3)ccc1B1c3ccc(-c4ccc5sc6ccccc6c5c4)cc3-c3cc(-c4ccc5sc6ccccc6c5c4)ccc3N12. The average Bonchev–Trinajstić information content (AvgIpc) is 4.06. The second-order valence-corrected chi connectivity index (χ2v) is 20.8. The molecule has 300 valence electrons. The Balaban J connectivity index is 0.934. The van der Waals surface area contributed by atoms with Gasteiger partial charge in [-0.15, -0.1) is 34.0 Å². The van der Waals surface area contributed by atoms with E-state index in [1.165, 1.54) is 138 Å². The van der Waals surface area contributed by atoms with Crippen LogP contribution in [0.3, 0.4) is 0 Å². The highest BCUT2D eigenvalue weighted by Gasteiger charge is 2.42. The maximum absolute atomic E-state index is 2.63. The zero-order chi connectivity index (χ0) is 42.3. The molecule has 2 aliphatic rings. The Morgan fingerprint density at radius 2 is 0.615 bits per heavy atom. The molecule has 0 N–H and O–H groups in total. The molecule has 0 bridgehead atoms. The monoisotopic (exact) mass is 875 g/mol. The van der Waals surface area contributed by atoms with E-state index in [-0.39, 0.29) is 6.85 Å². The third-order valence-corrected chi connectivity index (χ3v) is 17.5. The molecule has 15 rings (SSSR count). The van der Waals surface area contributed by atoms with E-state index in [0.29, 0.717) is 0 Å². The van der Waals surface area contributed by atoms with Crippen LogP contribution in [0, 0.1) is 0 Å². The van der Waals surface area contributed by atoms with Crippen molar-refractivity contribution in [3.8, 4) is 55.6 Å². The van der Waals surface area contributed by atoms with Crippen LogP contribution in [0.4, 0.5) is 11.4 Å². The van der Waals surface area contributed by atoms with E-state index >= 15 is 0 Å². The van der Waals surface area contributed by atoms with E-state index in [2.05, 4.69) is 211 Å². The fourth-order valence-electron chi connectivity index (χ4n) is 11.0. The summed E-state index contributed by atoms with van der Waals surface area (Å²) in [6, 6.07) is 78.3. The quantitative estimate of drug-likeness (QED) is 0.160. The Kier molecular flexibility index (Phi) is 7.57. The minimum Gasteiger partial charge on any atom is -0.376 e. The molecule has 0 atom stereocenters. The molecule has 0 aliphatic carbocycles. The van der Waals surface area contributed by atoms with E-state index in [9.17, 15) is 0 Å². The Hall–Kier alpha value is -7.28. The number of benzene rings is 10. The molecule has 2 aliphatic heterocycles. The number of hydrogen-bond acceptors (Lipinski definition) is 4. The van der Waals surface area contributed by atoms with E-state index in [0.717, 1.165) is 0 Å². The van der Waals surface area contributed by atoms with Gasteiger partial charge in [0.2, 0.25) is 0 Å². The number of fused-ring (bicyclic) bond motifs is 20.